The molecule has 1 N–H and O–H groups in total. The minimum absolute atomic E-state index is 0.191. The van der Waals surface area contributed by atoms with Crippen LogP contribution in [0, 0.1) is 6.92 Å². The molecule has 0 saturated heterocycles. The van der Waals surface area contributed by atoms with Crippen molar-refractivity contribution < 1.29 is 0 Å². The highest BCUT2D eigenvalue weighted by molar-refractivity contribution is 5.68. The van der Waals surface area contributed by atoms with Crippen molar-refractivity contribution in [2.24, 2.45) is 7.05 Å². The third-order valence-corrected chi connectivity index (χ3v) is 3.17. The molecular formula is C14H21N5. The van der Waals surface area contributed by atoms with E-state index in [9.17, 15) is 0 Å². The summed E-state index contributed by atoms with van der Waals surface area (Å²) in [5.41, 5.74) is 4.42. The molecular weight excluding hydrogens is 238 g/mol. The molecule has 0 amide bonds. The first-order chi connectivity index (χ1) is 8.99. The molecule has 102 valence electrons. The fourth-order valence-electron chi connectivity index (χ4n) is 2.24. The van der Waals surface area contributed by atoms with Crippen molar-refractivity contribution >= 4 is 11.4 Å². The molecule has 1 unspecified atom stereocenters. The van der Waals surface area contributed by atoms with Crippen molar-refractivity contribution in [3.63, 3.8) is 0 Å². The van der Waals surface area contributed by atoms with Crippen LogP contribution in [0.15, 0.2) is 24.7 Å². The zero-order chi connectivity index (χ0) is 14.0. The predicted octanol–water partition coefficient (Wildman–Crippen LogP) is 2.36. The minimum atomic E-state index is 0.191. The molecule has 0 aliphatic heterocycles. The average Bonchev–Trinajstić information content (AvgIpc) is 2.69. The molecule has 0 aliphatic carbocycles. The van der Waals surface area contributed by atoms with Gasteiger partial charge in [0.1, 0.15) is 0 Å². The van der Waals surface area contributed by atoms with Crippen LogP contribution in [-0.4, -0.2) is 28.9 Å². The first-order valence-electron chi connectivity index (χ1n) is 6.37. The maximum atomic E-state index is 4.38. The summed E-state index contributed by atoms with van der Waals surface area (Å²) in [5, 5.41) is 7.89. The van der Waals surface area contributed by atoms with Crippen molar-refractivity contribution in [1.29, 1.82) is 0 Å². The van der Waals surface area contributed by atoms with E-state index >= 15 is 0 Å². The van der Waals surface area contributed by atoms with Crippen molar-refractivity contribution in [1.82, 2.24) is 14.8 Å². The Hall–Kier alpha value is -2.04. The maximum absolute atomic E-state index is 4.38. The van der Waals surface area contributed by atoms with E-state index in [1.807, 2.05) is 45.0 Å². The summed E-state index contributed by atoms with van der Waals surface area (Å²) in [6, 6.07) is 2.20. The van der Waals surface area contributed by atoms with Gasteiger partial charge in [0.25, 0.3) is 0 Å². The summed E-state index contributed by atoms with van der Waals surface area (Å²) in [6.07, 6.45) is 5.72. The Labute approximate surface area is 114 Å². The molecule has 0 fully saturated rings. The molecule has 5 nitrogen and oxygen atoms in total. The van der Waals surface area contributed by atoms with E-state index in [1.165, 1.54) is 5.56 Å². The number of aromatic nitrogens is 3. The van der Waals surface area contributed by atoms with E-state index in [0.717, 1.165) is 17.1 Å². The second-order valence-electron chi connectivity index (χ2n) is 5.00. The van der Waals surface area contributed by atoms with Gasteiger partial charge in [0.15, 0.2) is 0 Å². The van der Waals surface area contributed by atoms with E-state index in [1.54, 1.807) is 6.20 Å². The Bertz CT molecular complexity index is 559. The Morgan fingerprint density at radius 3 is 2.68 bits per heavy atom. The van der Waals surface area contributed by atoms with E-state index in [2.05, 4.69) is 33.4 Å². The smallest absolute Gasteiger partial charge is 0.0768 e. The highest BCUT2D eigenvalue weighted by Gasteiger charge is 2.13. The Balaban J connectivity index is 2.24. The molecule has 0 aliphatic rings. The van der Waals surface area contributed by atoms with Gasteiger partial charge in [-0.2, -0.15) is 5.10 Å². The SMILES string of the molecule is Cc1nn(C)cc1C(C)Nc1cnccc1N(C)C. The number of nitrogens with zero attached hydrogens (tertiary/aromatic N) is 4. The highest BCUT2D eigenvalue weighted by atomic mass is 15.3. The zero-order valence-corrected chi connectivity index (χ0v) is 12.2. The molecule has 2 rings (SSSR count). The van der Waals surface area contributed by atoms with Gasteiger partial charge in [-0.1, -0.05) is 0 Å². The number of anilines is 2. The number of nitrogens with one attached hydrogen (secondary N) is 1. The van der Waals surface area contributed by atoms with Gasteiger partial charge < -0.3 is 10.2 Å². The van der Waals surface area contributed by atoms with Gasteiger partial charge >= 0.3 is 0 Å². The molecule has 19 heavy (non-hydrogen) atoms. The largest absolute Gasteiger partial charge is 0.376 e. The molecule has 2 aromatic rings. The molecule has 0 saturated carbocycles. The van der Waals surface area contributed by atoms with E-state index in [4.69, 9.17) is 0 Å². The quantitative estimate of drug-likeness (QED) is 0.915. The summed E-state index contributed by atoms with van der Waals surface area (Å²) in [7, 11) is 6.00. The summed E-state index contributed by atoms with van der Waals surface area (Å²) in [4.78, 5) is 6.27. The molecule has 0 spiro atoms. The van der Waals surface area contributed by atoms with Crippen molar-refractivity contribution in [3.8, 4) is 0 Å². The lowest BCUT2D eigenvalue weighted by Gasteiger charge is -2.21. The number of rotatable bonds is 4. The Morgan fingerprint density at radius 2 is 2.11 bits per heavy atom. The van der Waals surface area contributed by atoms with E-state index < -0.39 is 0 Å². The number of aryl methyl sites for hydroxylation is 2. The zero-order valence-electron chi connectivity index (χ0n) is 12.2. The highest BCUT2D eigenvalue weighted by Crippen LogP contribution is 2.27. The molecule has 0 aromatic carbocycles. The van der Waals surface area contributed by atoms with E-state index in [-0.39, 0.29) is 6.04 Å². The normalized spacial score (nSPS) is 12.3. The lowest BCUT2D eigenvalue weighted by atomic mass is 10.1. The van der Waals surface area contributed by atoms with Crippen LogP contribution >= 0.6 is 0 Å². The van der Waals surface area contributed by atoms with Gasteiger partial charge in [-0.25, -0.2) is 0 Å². The van der Waals surface area contributed by atoms with Gasteiger partial charge in [-0.15, -0.1) is 0 Å². The number of hydrogen-bond acceptors (Lipinski definition) is 4. The second-order valence-corrected chi connectivity index (χ2v) is 5.00. The Kier molecular flexibility index (Phi) is 3.74. The lowest BCUT2D eigenvalue weighted by Crippen LogP contribution is -2.14. The van der Waals surface area contributed by atoms with Gasteiger partial charge in [-0.05, 0) is 19.9 Å². The topological polar surface area (TPSA) is 46.0 Å². The average molecular weight is 259 g/mol. The van der Waals surface area contributed by atoms with Crippen LogP contribution in [0.1, 0.15) is 24.2 Å². The standard InChI is InChI=1S/C14H21N5/c1-10(12-9-19(5)17-11(12)2)16-13-8-15-7-6-14(13)18(3)4/h6-10,16H,1-5H3. The fraction of sp³-hybridized carbons (Fsp3) is 0.429. The maximum Gasteiger partial charge on any atom is 0.0768 e. The monoisotopic (exact) mass is 259 g/mol. The predicted molar refractivity (Wildman–Crippen MR) is 78.5 cm³/mol. The molecule has 2 heterocycles. The molecule has 0 bridgehead atoms. The van der Waals surface area contributed by atoms with Gasteiger partial charge in [-0.3, -0.25) is 9.67 Å². The van der Waals surface area contributed by atoms with Crippen LogP contribution < -0.4 is 10.2 Å². The first-order valence-corrected chi connectivity index (χ1v) is 6.37. The lowest BCUT2D eigenvalue weighted by molar-refractivity contribution is 0.756. The molecule has 0 radical (unpaired) electrons. The molecule has 2 aromatic heterocycles. The van der Waals surface area contributed by atoms with Crippen molar-refractivity contribution in [2.45, 2.75) is 19.9 Å². The summed E-state index contributed by atoms with van der Waals surface area (Å²) >= 11 is 0. The van der Waals surface area contributed by atoms with Crippen LogP contribution in [-0.2, 0) is 7.05 Å². The molecule has 1 atom stereocenters. The van der Waals surface area contributed by atoms with Crippen LogP contribution in [0.2, 0.25) is 0 Å². The van der Waals surface area contributed by atoms with Gasteiger partial charge in [0.2, 0.25) is 0 Å². The third-order valence-electron chi connectivity index (χ3n) is 3.17. The van der Waals surface area contributed by atoms with Crippen molar-refractivity contribution in [2.75, 3.05) is 24.3 Å². The number of pyridine rings is 1. The fourth-order valence-corrected chi connectivity index (χ4v) is 2.24. The van der Waals surface area contributed by atoms with Crippen LogP contribution in [0.3, 0.4) is 0 Å². The van der Waals surface area contributed by atoms with Crippen LogP contribution in [0.4, 0.5) is 11.4 Å². The number of hydrogen-bond donors (Lipinski definition) is 1. The summed E-state index contributed by atoms with van der Waals surface area (Å²) in [6.45, 7) is 4.17. The summed E-state index contributed by atoms with van der Waals surface area (Å²) in [5.74, 6) is 0. The molecule has 5 heteroatoms. The Morgan fingerprint density at radius 1 is 1.37 bits per heavy atom. The summed E-state index contributed by atoms with van der Waals surface area (Å²) < 4.78 is 1.85. The minimum Gasteiger partial charge on any atom is -0.376 e. The third kappa shape index (κ3) is 2.86. The van der Waals surface area contributed by atoms with Gasteiger partial charge in [0.05, 0.1) is 29.3 Å². The van der Waals surface area contributed by atoms with Crippen LogP contribution in [0.25, 0.3) is 0 Å². The second kappa shape index (κ2) is 5.30. The van der Waals surface area contributed by atoms with E-state index in [0.29, 0.717) is 0 Å². The van der Waals surface area contributed by atoms with Gasteiger partial charge in [0, 0.05) is 39.1 Å². The van der Waals surface area contributed by atoms with Crippen LogP contribution in [0.5, 0.6) is 0 Å². The van der Waals surface area contributed by atoms with Crippen molar-refractivity contribution in [3.05, 3.63) is 35.9 Å². The first kappa shape index (κ1) is 13.4.